The standard InChI is InChI=1S/C18H22ClN5O2/c1-12-10-15(16(26-3)11-13(12)19)20-18(25)14-4-5-17(22-21-14)24-8-6-23(2)7-9-24/h4-5,10-11H,6-9H2,1-3H3,(H,20,25). The zero-order valence-corrected chi connectivity index (χ0v) is 15.9. The Kier molecular flexibility index (Phi) is 5.58. The maximum atomic E-state index is 12.5. The normalized spacial score (nSPS) is 15.0. The molecule has 3 rings (SSSR count). The van der Waals surface area contributed by atoms with Gasteiger partial charge in [0.25, 0.3) is 5.91 Å². The predicted octanol–water partition coefficient (Wildman–Crippen LogP) is 2.45. The molecule has 7 nitrogen and oxygen atoms in total. The highest BCUT2D eigenvalue weighted by Gasteiger charge is 2.17. The number of likely N-dealkylation sites (N-methyl/N-ethyl adjacent to an activating group) is 1. The predicted molar refractivity (Wildman–Crippen MR) is 102 cm³/mol. The first-order valence-electron chi connectivity index (χ1n) is 8.40. The summed E-state index contributed by atoms with van der Waals surface area (Å²) in [6, 6.07) is 6.96. The van der Waals surface area contributed by atoms with Gasteiger partial charge in [0.05, 0.1) is 12.8 Å². The fraction of sp³-hybridized carbons (Fsp3) is 0.389. The fourth-order valence-electron chi connectivity index (χ4n) is 2.77. The third-order valence-electron chi connectivity index (χ3n) is 4.44. The van der Waals surface area contributed by atoms with E-state index in [0.29, 0.717) is 16.5 Å². The van der Waals surface area contributed by atoms with Crippen molar-refractivity contribution < 1.29 is 9.53 Å². The van der Waals surface area contributed by atoms with Crippen LogP contribution in [0.15, 0.2) is 24.3 Å². The Hall–Kier alpha value is -2.38. The average Bonchev–Trinajstić information content (AvgIpc) is 2.65. The van der Waals surface area contributed by atoms with Crippen molar-refractivity contribution in [2.75, 3.05) is 50.6 Å². The number of anilines is 2. The van der Waals surface area contributed by atoms with Crippen molar-refractivity contribution in [1.82, 2.24) is 15.1 Å². The molecule has 26 heavy (non-hydrogen) atoms. The molecule has 0 aliphatic carbocycles. The van der Waals surface area contributed by atoms with E-state index in [-0.39, 0.29) is 11.6 Å². The SMILES string of the molecule is COc1cc(Cl)c(C)cc1NC(=O)c1ccc(N2CCN(C)CC2)nn1. The smallest absolute Gasteiger partial charge is 0.276 e. The molecule has 0 saturated carbocycles. The van der Waals surface area contributed by atoms with Gasteiger partial charge in [0.2, 0.25) is 0 Å². The van der Waals surface area contributed by atoms with Crippen LogP contribution in [0.25, 0.3) is 0 Å². The second-order valence-corrected chi connectivity index (χ2v) is 6.73. The lowest BCUT2D eigenvalue weighted by Gasteiger charge is -2.32. The molecule has 1 aromatic heterocycles. The maximum Gasteiger partial charge on any atom is 0.276 e. The number of rotatable bonds is 4. The van der Waals surface area contributed by atoms with Crippen LogP contribution in [0.3, 0.4) is 0 Å². The minimum Gasteiger partial charge on any atom is -0.495 e. The van der Waals surface area contributed by atoms with E-state index in [4.69, 9.17) is 16.3 Å². The minimum atomic E-state index is -0.345. The van der Waals surface area contributed by atoms with Crippen LogP contribution in [-0.4, -0.2) is 61.3 Å². The van der Waals surface area contributed by atoms with Crippen molar-refractivity contribution in [3.63, 3.8) is 0 Å². The summed E-state index contributed by atoms with van der Waals surface area (Å²) < 4.78 is 5.28. The number of ether oxygens (including phenoxy) is 1. The highest BCUT2D eigenvalue weighted by atomic mass is 35.5. The monoisotopic (exact) mass is 375 g/mol. The van der Waals surface area contributed by atoms with Gasteiger partial charge in [0.1, 0.15) is 5.75 Å². The van der Waals surface area contributed by atoms with Gasteiger partial charge in [-0.05, 0) is 37.7 Å². The van der Waals surface area contributed by atoms with Crippen molar-refractivity contribution in [2.24, 2.45) is 0 Å². The number of carbonyl (C=O) groups is 1. The molecule has 1 N–H and O–H groups in total. The lowest BCUT2D eigenvalue weighted by molar-refractivity contribution is 0.102. The van der Waals surface area contributed by atoms with Crippen LogP contribution in [0, 0.1) is 6.92 Å². The summed E-state index contributed by atoms with van der Waals surface area (Å²) in [5.74, 6) is 0.938. The number of aromatic nitrogens is 2. The van der Waals surface area contributed by atoms with E-state index in [9.17, 15) is 4.79 Å². The minimum absolute atomic E-state index is 0.248. The Morgan fingerprint density at radius 3 is 2.54 bits per heavy atom. The molecule has 1 amide bonds. The number of hydrogen-bond donors (Lipinski definition) is 1. The lowest BCUT2D eigenvalue weighted by Crippen LogP contribution is -2.44. The molecule has 0 unspecified atom stereocenters. The zero-order chi connectivity index (χ0) is 18.7. The Morgan fingerprint density at radius 2 is 1.92 bits per heavy atom. The van der Waals surface area contributed by atoms with Crippen LogP contribution in [-0.2, 0) is 0 Å². The Labute approximate surface area is 157 Å². The van der Waals surface area contributed by atoms with E-state index in [1.807, 2.05) is 13.0 Å². The number of methoxy groups -OCH3 is 1. The summed E-state index contributed by atoms with van der Waals surface area (Å²) >= 11 is 6.10. The first-order valence-corrected chi connectivity index (χ1v) is 8.78. The highest BCUT2D eigenvalue weighted by Crippen LogP contribution is 2.31. The zero-order valence-electron chi connectivity index (χ0n) is 15.1. The number of halogens is 1. The van der Waals surface area contributed by atoms with Crippen LogP contribution in [0.4, 0.5) is 11.5 Å². The Balaban J connectivity index is 1.72. The maximum absolute atomic E-state index is 12.5. The molecule has 8 heteroatoms. The average molecular weight is 376 g/mol. The topological polar surface area (TPSA) is 70.6 Å². The van der Waals surface area contributed by atoms with Gasteiger partial charge in [0.15, 0.2) is 11.5 Å². The highest BCUT2D eigenvalue weighted by molar-refractivity contribution is 6.31. The van der Waals surface area contributed by atoms with Gasteiger partial charge in [-0.2, -0.15) is 0 Å². The summed E-state index contributed by atoms with van der Waals surface area (Å²) in [7, 11) is 3.63. The number of hydrogen-bond acceptors (Lipinski definition) is 6. The third-order valence-corrected chi connectivity index (χ3v) is 4.85. The Morgan fingerprint density at radius 1 is 1.19 bits per heavy atom. The molecule has 0 bridgehead atoms. The fourth-order valence-corrected chi connectivity index (χ4v) is 2.92. The van der Waals surface area contributed by atoms with Crippen LogP contribution >= 0.6 is 11.6 Å². The quantitative estimate of drug-likeness (QED) is 0.885. The van der Waals surface area contributed by atoms with Crippen LogP contribution in [0.5, 0.6) is 5.75 Å². The molecule has 0 radical (unpaired) electrons. The summed E-state index contributed by atoms with van der Waals surface area (Å²) in [6.07, 6.45) is 0. The van der Waals surface area contributed by atoms with Crippen molar-refractivity contribution in [3.8, 4) is 5.75 Å². The third kappa shape index (κ3) is 4.05. The summed E-state index contributed by atoms with van der Waals surface area (Å²) in [5.41, 5.74) is 1.64. The largest absolute Gasteiger partial charge is 0.495 e. The molecular formula is C18H22ClN5O2. The summed E-state index contributed by atoms with van der Waals surface area (Å²) in [6.45, 7) is 5.64. The number of carbonyl (C=O) groups excluding carboxylic acids is 1. The van der Waals surface area contributed by atoms with E-state index in [1.165, 1.54) is 7.11 Å². The molecule has 1 saturated heterocycles. The summed E-state index contributed by atoms with van der Waals surface area (Å²) in [5, 5.41) is 11.7. The van der Waals surface area contributed by atoms with E-state index in [2.05, 4.69) is 32.4 Å². The van der Waals surface area contributed by atoms with E-state index in [0.717, 1.165) is 37.6 Å². The number of benzene rings is 1. The second kappa shape index (κ2) is 7.88. The first-order chi connectivity index (χ1) is 12.5. The Bertz CT molecular complexity index is 789. The van der Waals surface area contributed by atoms with Gasteiger partial charge in [-0.25, -0.2) is 0 Å². The van der Waals surface area contributed by atoms with Crippen molar-refractivity contribution in [1.29, 1.82) is 0 Å². The van der Waals surface area contributed by atoms with E-state index in [1.54, 1.807) is 18.2 Å². The van der Waals surface area contributed by atoms with Crippen LogP contribution < -0.4 is 15.0 Å². The molecule has 1 aliphatic heterocycles. The first kappa shape index (κ1) is 18.4. The van der Waals surface area contributed by atoms with Gasteiger partial charge < -0.3 is 19.9 Å². The van der Waals surface area contributed by atoms with Gasteiger partial charge in [-0.1, -0.05) is 11.6 Å². The van der Waals surface area contributed by atoms with Gasteiger partial charge >= 0.3 is 0 Å². The van der Waals surface area contributed by atoms with Gasteiger partial charge in [-0.15, -0.1) is 10.2 Å². The van der Waals surface area contributed by atoms with E-state index >= 15 is 0 Å². The van der Waals surface area contributed by atoms with Crippen LogP contribution in [0.1, 0.15) is 16.1 Å². The van der Waals surface area contributed by atoms with E-state index < -0.39 is 0 Å². The van der Waals surface area contributed by atoms with Crippen molar-refractivity contribution in [3.05, 3.63) is 40.5 Å². The second-order valence-electron chi connectivity index (χ2n) is 6.32. The number of nitrogens with zero attached hydrogens (tertiary/aromatic N) is 4. The molecule has 0 spiro atoms. The molecule has 2 heterocycles. The van der Waals surface area contributed by atoms with Crippen molar-refractivity contribution >= 4 is 29.0 Å². The van der Waals surface area contributed by atoms with Gasteiger partial charge in [0, 0.05) is 37.3 Å². The number of piperazine rings is 1. The molecule has 0 atom stereocenters. The number of nitrogens with one attached hydrogen (secondary N) is 1. The molecule has 1 fully saturated rings. The van der Waals surface area contributed by atoms with Crippen molar-refractivity contribution in [2.45, 2.75) is 6.92 Å². The summed E-state index contributed by atoms with van der Waals surface area (Å²) in [4.78, 5) is 16.9. The molecular weight excluding hydrogens is 354 g/mol. The molecule has 1 aromatic carbocycles. The van der Waals surface area contributed by atoms with Gasteiger partial charge in [-0.3, -0.25) is 4.79 Å². The molecule has 2 aromatic rings. The molecule has 1 aliphatic rings. The lowest BCUT2D eigenvalue weighted by atomic mass is 10.2. The number of aryl methyl sites for hydroxylation is 1. The molecule has 138 valence electrons. The number of amides is 1. The van der Waals surface area contributed by atoms with Crippen LogP contribution in [0.2, 0.25) is 5.02 Å².